The molecule has 0 radical (unpaired) electrons. The Kier molecular flexibility index (Phi) is 5.29. The summed E-state index contributed by atoms with van der Waals surface area (Å²) in [6, 6.07) is 12.2. The van der Waals surface area contributed by atoms with Crippen LogP contribution in [0.15, 0.2) is 36.5 Å². The first kappa shape index (κ1) is 19.6. The highest BCUT2D eigenvalue weighted by Gasteiger charge is 2.32. The molecule has 1 atom stereocenters. The number of hydrogen-bond donors (Lipinski definition) is 0. The molecule has 2 aromatic heterocycles. The lowest BCUT2D eigenvalue weighted by molar-refractivity contribution is 0.119. The molecule has 1 saturated heterocycles. The van der Waals surface area contributed by atoms with E-state index >= 15 is 0 Å². The Morgan fingerprint density at radius 3 is 2.53 bits per heavy atom. The predicted molar refractivity (Wildman–Crippen MR) is 124 cm³/mol. The summed E-state index contributed by atoms with van der Waals surface area (Å²) in [6.07, 6.45) is 7.29. The Hall–Kier alpha value is -2.31. The minimum absolute atomic E-state index is 0.641. The number of anilines is 1. The van der Waals surface area contributed by atoms with Crippen molar-refractivity contribution in [1.82, 2.24) is 20.1 Å². The van der Waals surface area contributed by atoms with E-state index in [1.54, 1.807) is 11.3 Å². The van der Waals surface area contributed by atoms with Gasteiger partial charge in [0.25, 0.3) is 0 Å². The zero-order valence-corrected chi connectivity index (χ0v) is 18.8. The zero-order valence-electron chi connectivity index (χ0n) is 18.0. The topological polar surface area (TPSA) is 45.2 Å². The third-order valence-corrected chi connectivity index (χ3v) is 7.73. The van der Waals surface area contributed by atoms with Crippen molar-refractivity contribution in [3.63, 3.8) is 0 Å². The summed E-state index contributed by atoms with van der Waals surface area (Å²) in [6.45, 7) is 6.31. The second-order valence-corrected chi connectivity index (χ2v) is 9.92. The van der Waals surface area contributed by atoms with Crippen molar-refractivity contribution in [2.45, 2.75) is 51.6 Å². The van der Waals surface area contributed by atoms with Gasteiger partial charge < -0.3 is 4.90 Å². The number of aromatic nitrogens is 3. The summed E-state index contributed by atoms with van der Waals surface area (Å²) >= 11 is 1.73. The van der Waals surface area contributed by atoms with Gasteiger partial charge in [-0.25, -0.2) is 4.98 Å². The molecule has 30 heavy (non-hydrogen) atoms. The molecular weight excluding hydrogens is 390 g/mol. The molecule has 2 fully saturated rings. The number of rotatable bonds is 5. The van der Waals surface area contributed by atoms with Gasteiger partial charge in [0, 0.05) is 36.9 Å². The van der Waals surface area contributed by atoms with Gasteiger partial charge in [0.2, 0.25) is 0 Å². The van der Waals surface area contributed by atoms with Crippen molar-refractivity contribution in [1.29, 1.82) is 0 Å². The zero-order chi connectivity index (χ0) is 20.7. The number of likely N-dealkylation sites (N-methyl/N-ethyl adjacent to an activating group) is 1. The van der Waals surface area contributed by atoms with Crippen LogP contribution in [0.1, 0.15) is 36.3 Å². The molecule has 5 nitrogen and oxygen atoms in total. The molecule has 0 amide bonds. The first-order valence-corrected chi connectivity index (χ1v) is 11.7. The molecule has 2 aliphatic rings. The lowest BCUT2D eigenvalue weighted by Gasteiger charge is -2.38. The summed E-state index contributed by atoms with van der Waals surface area (Å²) in [5.74, 6) is 0.998. The summed E-state index contributed by atoms with van der Waals surface area (Å²) in [4.78, 5) is 10.6. The molecule has 6 heteroatoms. The minimum atomic E-state index is 0.641. The quantitative estimate of drug-likeness (QED) is 0.586. The van der Waals surface area contributed by atoms with E-state index in [-0.39, 0.29) is 0 Å². The van der Waals surface area contributed by atoms with E-state index in [1.165, 1.54) is 41.7 Å². The highest BCUT2D eigenvalue weighted by atomic mass is 32.1. The van der Waals surface area contributed by atoms with Crippen molar-refractivity contribution < 1.29 is 0 Å². The monoisotopic (exact) mass is 419 g/mol. The average Bonchev–Trinajstić information content (AvgIpc) is 3.36. The molecule has 0 spiro atoms. The van der Waals surface area contributed by atoms with Crippen LogP contribution < -0.4 is 4.90 Å². The van der Waals surface area contributed by atoms with Gasteiger partial charge in [-0.3, -0.25) is 4.90 Å². The molecule has 3 aromatic rings. The number of aryl methyl sites for hydroxylation is 2. The number of hydrogen-bond acceptors (Lipinski definition) is 6. The largest absolute Gasteiger partial charge is 0.354 e. The molecule has 1 aromatic carbocycles. The van der Waals surface area contributed by atoms with Crippen LogP contribution in [-0.2, 0) is 0 Å². The summed E-state index contributed by atoms with van der Waals surface area (Å²) in [5, 5.41) is 10.3. The second kappa shape index (κ2) is 8.08. The lowest BCUT2D eigenvalue weighted by atomic mass is 9.91. The lowest BCUT2D eigenvalue weighted by Crippen LogP contribution is -2.45. The molecule has 1 aliphatic carbocycles. The van der Waals surface area contributed by atoms with Gasteiger partial charge in [-0.05, 0) is 69.5 Å². The Morgan fingerprint density at radius 1 is 1.03 bits per heavy atom. The first-order valence-electron chi connectivity index (χ1n) is 10.9. The molecule has 0 bridgehead atoms. The van der Waals surface area contributed by atoms with Crippen LogP contribution in [0.25, 0.3) is 21.7 Å². The van der Waals surface area contributed by atoms with Gasteiger partial charge in [-0.15, -0.1) is 21.5 Å². The molecule has 156 valence electrons. The van der Waals surface area contributed by atoms with E-state index in [9.17, 15) is 0 Å². The Balaban J connectivity index is 1.29. The molecule has 1 aliphatic heterocycles. The highest BCUT2D eigenvalue weighted by molar-refractivity contribution is 7.15. The molecule has 5 rings (SSSR count). The average molecular weight is 420 g/mol. The maximum atomic E-state index is 4.58. The smallest absolute Gasteiger partial charge is 0.151 e. The standard InChI is InChI=1S/C24H29N5S/c1-16-13-18(23-14-25-17(2)30-23)7-8-21(16)22-9-10-24(27-26-22)29-12-11-20(15-29)28(3)19-5-4-6-19/h7-10,13-14,19-20H,4-6,11-12,15H2,1-3H3. The van der Waals surface area contributed by atoms with Crippen LogP contribution in [0.3, 0.4) is 0 Å². The number of benzene rings is 1. The third-order valence-electron chi connectivity index (χ3n) is 6.77. The summed E-state index contributed by atoms with van der Waals surface area (Å²) in [5.41, 5.74) is 4.50. The van der Waals surface area contributed by atoms with Crippen molar-refractivity contribution >= 4 is 17.2 Å². The summed E-state index contributed by atoms with van der Waals surface area (Å²) in [7, 11) is 2.30. The van der Waals surface area contributed by atoms with Crippen molar-refractivity contribution in [3.05, 3.63) is 47.1 Å². The normalized spacial score (nSPS) is 19.5. The Morgan fingerprint density at radius 2 is 1.90 bits per heavy atom. The van der Waals surface area contributed by atoms with Gasteiger partial charge in [0.1, 0.15) is 0 Å². The number of thiazole rings is 1. The van der Waals surface area contributed by atoms with Crippen molar-refractivity contribution in [3.8, 4) is 21.7 Å². The van der Waals surface area contributed by atoms with Crippen LogP contribution in [0.2, 0.25) is 0 Å². The Labute approximate surface area is 182 Å². The SMILES string of the molecule is Cc1ncc(-c2ccc(-c3ccc(N4CCC(N(C)C5CCC5)C4)nn3)c(C)c2)s1. The van der Waals surface area contributed by atoms with E-state index in [2.05, 4.69) is 69.3 Å². The van der Waals surface area contributed by atoms with Crippen LogP contribution in [0, 0.1) is 13.8 Å². The molecular formula is C24H29N5S. The third kappa shape index (κ3) is 3.74. The maximum Gasteiger partial charge on any atom is 0.151 e. The molecule has 1 saturated carbocycles. The van der Waals surface area contributed by atoms with Gasteiger partial charge in [0.15, 0.2) is 5.82 Å². The number of nitrogens with zero attached hydrogens (tertiary/aromatic N) is 5. The Bertz CT molecular complexity index is 1020. The van der Waals surface area contributed by atoms with Gasteiger partial charge in [-0.2, -0.15) is 0 Å². The maximum absolute atomic E-state index is 4.58. The van der Waals surface area contributed by atoms with Crippen molar-refractivity contribution in [2.75, 3.05) is 25.0 Å². The first-order chi connectivity index (χ1) is 14.6. The van der Waals surface area contributed by atoms with Crippen LogP contribution >= 0.6 is 11.3 Å². The van der Waals surface area contributed by atoms with Crippen LogP contribution in [-0.4, -0.2) is 52.3 Å². The van der Waals surface area contributed by atoms with E-state index in [0.717, 1.165) is 41.2 Å². The highest BCUT2D eigenvalue weighted by Crippen LogP contribution is 2.32. The van der Waals surface area contributed by atoms with E-state index in [1.807, 2.05) is 13.1 Å². The minimum Gasteiger partial charge on any atom is -0.354 e. The fourth-order valence-corrected chi connectivity index (χ4v) is 5.39. The fraction of sp³-hybridized carbons (Fsp3) is 0.458. The summed E-state index contributed by atoms with van der Waals surface area (Å²) < 4.78 is 0. The predicted octanol–water partition coefficient (Wildman–Crippen LogP) is 4.95. The molecule has 3 heterocycles. The van der Waals surface area contributed by atoms with Crippen LogP contribution in [0.5, 0.6) is 0 Å². The van der Waals surface area contributed by atoms with E-state index in [4.69, 9.17) is 0 Å². The van der Waals surface area contributed by atoms with Gasteiger partial charge in [0.05, 0.1) is 15.6 Å². The van der Waals surface area contributed by atoms with Gasteiger partial charge in [-0.1, -0.05) is 18.6 Å². The van der Waals surface area contributed by atoms with Crippen molar-refractivity contribution in [2.24, 2.45) is 0 Å². The molecule has 0 N–H and O–H groups in total. The van der Waals surface area contributed by atoms with E-state index < -0.39 is 0 Å². The fourth-order valence-electron chi connectivity index (χ4n) is 4.61. The second-order valence-electron chi connectivity index (χ2n) is 8.69. The molecule has 1 unspecified atom stereocenters. The van der Waals surface area contributed by atoms with Gasteiger partial charge >= 0.3 is 0 Å². The van der Waals surface area contributed by atoms with E-state index in [0.29, 0.717) is 6.04 Å². The van der Waals surface area contributed by atoms with Crippen LogP contribution in [0.4, 0.5) is 5.82 Å².